The molecule has 10 heavy (non-hydrogen) atoms. The van der Waals surface area contributed by atoms with Gasteiger partial charge in [-0.15, -0.1) is 11.4 Å². The summed E-state index contributed by atoms with van der Waals surface area (Å²) in [6.07, 6.45) is 0. The lowest BCUT2D eigenvalue weighted by Gasteiger charge is -2.13. The molecule has 2 heteroatoms. The third kappa shape index (κ3) is 8.17. The maximum Gasteiger partial charge on any atom is 0.0677 e. The highest BCUT2D eigenvalue weighted by molar-refractivity contribution is 6.86. The molecule has 60 valence electrons. The van der Waals surface area contributed by atoms with E-state index in [-0.39, 0.29) is 0 Å². The predicted molar refractivity (Wildman–Crippen MR) is 55.8 cm³/mol. The molecule has 0 fully saturated rings. The van der Waals surface area contributed by atoms with Crippen molar-refractivity contribution in [3.63, 3.8) is 0 Å². The summed E-state index contributed by atoms with van der Waals surface area (Å²) in [6, 6.07) is 0. The van der Waals surface area contributed by atoms with Gasteiger partial charge in [0.05, 0.1) is 18.9 Å². The molecule has 0 rings (SSSR count). The van der Waals surface area contributed by atoms with Crippen molar-refractivity contribution in [3.8, 4) is 0 Å². The maximum absolute atomic E-state index is 7.87. The van der Waals surface area contributed by atoms with Crippen LogP contribution < -0.4 is 0 Å². The van der Waals surface area contributed by atoms with Gasteiger partial charge in [0, 0.05) is 0 Å². The Kier molecular flexibility index (Phi) is 2.09. The van der Waals surface area contributed by atoms with E-state index in [4.69, 9.17) is 2.74 Å². The Morgan fingerprint density at radius 1 is 0.800 bits per heavy atom. The van der Waals surface area contributed by atoms with Crippen molar-refractivity contribution in [2.45, 2.75) is 39.3 Å². The Hall–Kier alpha value is 0.174. The van der Waals surface area contributed by atoms with Crippen molar-refractivity contribution in [1.29, 1.82) is 0 Å². The monoisotopic (exact) mass is 174 g/mol. The quantitative estimate of drug-likeness (QED) is 0.564. The highest BCUT2D eigenvalue weighted by Crippen LogP contribution is 2.07. The van der Waals surface area contributed by atoms with Crippen molar-refractivity contribution < 1.29 is 2.74 Å². The van der Waals surface area contributed by atoms with Gasteiger partial charge in [-0.25, -0.2) is 0 Å². The van der Waals surface area contributed by atoms with E-state index in [2.05, 4.69) is 39.3 Å². The highest BCUT2D eigenvalue weighted by atomic mass is 28.3. The molecule has 0 aromatic rings. The van der Waals surface area contributed by atoms with E-state index < -0.39 is 16.1 Å². The second-order valence-electron chi connectivity index (χ2n) is 4.75. The zero-order chi connectivity index (χ0) is 10.2. The summed E-state index contributed by atoms with van der Waals surface area (Å²) in [7, 11) is -3.08. The lowest BCUT2D eigenvalue weighted by atomic mass is 11.2. The van der Waals surface area contributed by atoms with Gasteiger partial charge in [-0.2, -0.15) is 0 Å². The number of hydrogen-bond donors (Lipinski definition) is 0. The van der Waals surface area contributed by atoms with Gasteiger partial charge in [0.25, 0.3) is 0 Å². The summed E-state index contributed by atoms with van der Waals surface area (Å²) < 4.78 is 15.7. The van der Waals surface area contributed by atoms with Gasteiger partial charge in [-0.3, -0.25) is 0 Å². The van der Waals surface area contributed by atoms with E-state index in [1.807, 2.05) is 0 Å². The molecule has 0 spiro atoms. The summed E-state index contributed by atoms with van der Waals surface area (Å²) in [6.45, 7) is 12.8. The molecular formula is C8H20Si2. The van der Waals surface area contributed by atoms with Gasteiger partial charge in [-0.1, -0.05) is 39.3 Å². The average Bonchev–Trinajstić information content (AvgIpc) is 1.80. The van der Waals surface area contributed by atoms with Crippen LogP contribution >= 0.6 is 0 Å². The summed E-state index contributed by atoms with van der Waals surface area (Å²) in [5.41, 5.74) is 1.28. The molecule has 0 amide bonds. The molecule has 0 aromatic carbocycles. The summed E-state index contributed by atoms with van der Waals surface area (Å²) in [4.78, 5) is 0. The van der Waals surface area contributed by atoms with Gasteiger partial charge in [-0.05, 0) is 0 Å². The molecule has 0 atom stereocenters. The molecule has 0 aromatic heterocycles. The third-order valence-electron chi connectivity index (χ3n) is 0.812. The lowest BCUT2D eigenvalue weighted by Crippen LogP contribution is -2.21. The number of hydrogen-bond acceptors (Lipinski definition) is 0. The Balaban J connectivity index is 4.96. The molecule has 0 saturated heterocycles. The molecule has 0 radical (unpaired) electrons. The second-order valence-corrected chi connectivity index (χ2v) is 14.2. The summed E-state index contributed by atoms with van der Waals surface area (Å²) in [5, 5.41) is 0. The molecule has 0 aliphatic rings. The van der Waals surface area contributed by atoms with Crippen molar-refractivity contribution >= 4 is 16.1 Å². The van der Waals surface area contributed by atoms with E-state index in [1.54, 1.807) is 0 Å². The van der Waals surface area contributed by atoms with Crippen LogP contribution in [0.4, 0.5) is 0 Å². The van der Waals surface area contributed by atoms with Gasteiger partial charge in [0.2, 0.25) is 0 Å². The Labute approximate surface area is 70.2 Å². The predicted octanol–water partition coefficient (Wildman–Crippen LogP) is 3.30. The standard InChI is InChI=1S/C8H20Si2/c1-9(2,3)7-8-10(4,5)6/h7-8H,1-6H3/i7D,8D. The van der Waals surface area contributed by atoms with Crippen molar-refractivity contribution in [3.05, 3.63) is 11.4 Å². The van der Waals surface area contributed by atoms with E-state index >= 15 is 0 Å². The molecule has 0 aliphatic heterocycles. The van der Waals surface area contributed by atoms with Gasteiger partial charge in [0.1, 0.15) is 0 Å². The molecule has 0 bridgehead atoms. The minimum atomic E-state index is -1.54. The third-order valence-corrected chi connectivity index (χ3v) is 2.81. The van der Waals surface area contributed by atoms with Crippen LogP contribution in [0.25, 0.3) is 0 Å². The molecule has 0 unspecified atom stereocenters. The molecule has 0 nitrogen and oxygen atoms in total. The summed E-state index contributed by atoms with van der Waals surface area (Å²) in [5.74, 6) is 0. The van der Waals surface area contributed by atoms with Crippen LogP contribution in [0.3, 0.4) is 0 Å². The van der Waals surface area contributed by atoms with E-state index in [1.165, 1.54) is 0 Å². The normalized spacial score (nSPS) is 19.4. The SMILES string of the molecule is [2H]C(=C([2H])[Si](C)(C)C)[Si](C)(C)C. The van der Waals surface area contributed by atoms with E-state index in [0.717, 1.165) is 0 Å². The molecule has 0 N–H and O–H groups in total. The first-order chi connectivity index (χ1) is 5.07. The lowest BCUT2D eigenvalue weighted by molar-refractivity contribution is 1.73. The Bertz CT molecular complexity index is 174. The van der Waals surface area contributed by atoms with E-state index in [9.17, 15) is 0 Å². The van der Waals surface area contributed by atoms with Gasteiger partial charge < -0.3 is 0 Å². The summed E-state index contributed by atoms with van der Waals surface area (Å²) >= 11 is 0. The van der Waals surface area contributed by atoms with E-state index in [0.29, 0.717) is 11.4 Å². The first kappa shape index (κ1) is 6.86. The Morgan fingerprint density at radius 3 is 1.10 bits per heavy atom. The van der Waals surface area contributed by atoms with Crippen LogP contribution in [-0.2, 0) is 0 Å². The van der Waals surface area contributed by atoms with Crippen LogP contribution in [0.2, 0.25) is 39.3 Å². The first-order valence-corrected chi connectivity index (χ1v) is 10.8. The molecule has 0 heterocycles. The topological polar surface area (TPSA) is 0 Å². The van der Waals surface area contributed by atoms with Crippen molar-refractivity contribution in [2.75, 3.05) is 0 Å². The van der Waals surface area contributed by atoms with Crippen LogP contribution in [-0.4, -0.2) is 16.1 Å². The van der Waals surface area contributed by atoms with Crippen LogP contribution in [0.15, 0.2) is 11.4 Å². The largest absolute Gasteiger partial charge is 0.103 e. The molecule has 0 aliphatic carbocycles. The average molecular weight is 174 g/mol. The van der Waals surface area contributed by atoms with Crippen molar-refractivity contribution in [1.82, 2.24) is 0 Å². The zero-order valence-corrected chi connectivity index (χ0v) is 10.0. The van der Waals surface area contributed by atoms with Crippen LogP contribution in [0, 0.1) is 0 Å². The minimum Gasteiger partial charge on any atom is -0.103 e. The fourth-order valence-electron chi connectivity index (χ4n) is 0.375. The second kappa shape index (κ2) is 3.05. The van der Waals surface area contributed by atoms with Gasteiger partial charge in [0.15, 0.2) is 0 Å². The molecule has 0 saturated carbocycles. The minimum absolute atomic E-state index is 0.640. The van der Waals surface area contributed by atoms with Crippen LogP contribution in [0.5, 0.6) is 0 Å². The fourth-order valence-corrected chi connectivity index (χ4v) is 3.38. The maximum atomic E-state index is 7.87. The first-order valence-electron chi connectivity index (χ1n) is 4.75. The highest BCUT2D eigenvalue weighted by Gasteiger charge is 2.12. The zero-order valence-electron chi connectivity index (χ0n) is 10.0. The molecular weight excluding hydrogens is 152 g/mol. The Morgan fingerprint density at radius 2 is 1.00 bits per heavy atom. The van der Waals surface area contributed by atoms with Crippen molar-refractivity contribution in [2.24, 2.45) is 0 Å². The van der Waals surface area contributed by atoms with Gasteiger partial charge >= 0.3 is 0 Å². The number of rotatable bonds is 2. The smallest absolute Gasteiger partial charge is 0.0677 e. The van der Waals surface area contributed by atoms with Crippen LogP contribution in [0.1, 0.15) is 2.74 Å². The fraction of sp³-hybridized carbons (Fsp3) is 0.750.